The number of rotatable bonds is 4. The van der Waals surface area contributed by atoms with Gasteiger partial charge in [0.15, 0.2) is 0 Å². The average molecular weight is 315 g/mol. The zero-order chi connectivity index (χ0) is 16.7. The zero-order valence-electron chi connectivity index (χ0n) is 12.2. The van der Waals surface area contributed by atoms with Gasteiger partial charge in [-0.15, -0.1) is 0 Å². The lowest BCUT2D eigenvalue weighted by Gasteiger charge is -2.04. The van der Waals surface area contributed by atoms with Crippen LogP contribution < -0.4 is 15.5 Å². The largest absolute Gasteiger partial charge is 0.496 e. The molecule has 0 bridgehead atoms. The van der Waals surface area contributed by atoms with Gasteiger partial charge in [-0.05, 0) is 30.3 Å². The Hall–Kier alpha value is -3.22. The molecule has 0 heterocycles. The third-order valence-corrected chi connectivity index (χ3v) is 2.80. The van der Waals surface area contributed by atoms with Gasteiger partial charge in [-0.3, -0.25) is 9.59 Å². The van der Waals surface area contributed by atoms with Gasteiger partial charge in [0.25, 0.3) is 0 Å². The maximum atomic E-state index is 13.0. The Kier molecular flexibility index (Phi) is 5.40. The Morgan fingerprint density at radius 2 is 1.91 bits per heavy atom. The van der Waals surface area contributed by atoms with Crippen molar-refractivity contribution in [1.29, 1.82) is 0 Å². The van der Waals surface area contributed by atoms with Crippen LogP contribution in [0.25, 0.3) is 0 Å². The van der Waals surface area contributed by atoms with Gasteiger partial charge in [-0.25, -0.2) is 9.82 Å². The smallest absolute Gasteiger partial charge is 0.329 e. The third kappa shape index (κ3) is 4.63. The summed E-state index contributed by atoms with van der Waals surface area (Å²) in [5.41, 5.74) is 2.91. The number of para-hydroxylation sites is 1. The van der Waals surface area contributed by atoms with E-state index in [1.807, 2.05) is 0 Å². The molecule has 2 aromatic rings. The Labute approximate surface area is 132 Å². The van der Waals surface area contributed by atoms with Gasteiger partial charge < -0.3 is 10.1 Å². The number of ether oxygens (including phenoxy) is 1. The topological polar surface area (TPSA) is 79.8 Å². The molecule has 0 aliphatic heterocycles. The number of halogens is 1. The molecule has 0 atom stereocenters. The number of methoxy groups -OCH3 is 1. The number of hydrazone groups is 1. The fourth-order valence-electron chi connectivity index (χ4n) is 1.74. The summed E-state index contributed by atoms with van der Waals surface area (Å²) < 4.78 is 18.1. The second-order valence-corrected chi connectivity index (χ2v) is 4.41. The van der Waals surface area contributed by atoms with E-state index >= 15 is 0 Å². The van der Waals surface area contributed by atoms with E-state index in [4.69, 9.17) is 4.74 Å². The minimum absolute atomic E-state index is 0.179. The first-order chi connectivity index (χ1) is 11.1. The minimum Gasteiger partial charge on any atom is -0.496 e. The first-order valence-electron chi connectivity index (χ1n) is 6.63. The van der Waals surface area contributed by atoms with Crippen LogP contribution in [0.5, 0.6) is 5.75 Å². The summed E-state index contributed by atoms with van der Waals surface area (Å²) in [6, 6.07) is 12.3. The first-order valence-corrected chi connectivity index (χ1v) is 6.63. The number of amides is 2. The number of hydrogen-bond acceptors (Lipinski definition) is 4. The van der Waals surface area contributed by atoms with Crippen LogP contribution in [-0.2, 0) is 9.59 Å². The van der Waals surface area contributed by atoms with Crippen molar-refractivity contribution in [3.8, 4) is 5.75 Å². The lowest BCUT2D eigenvalue weighted by molar-refractivity contribution is -0.136. The number of hydrogen-bond donors (Lipinski definition) is 2. The second kappa shape index (κ2) is 7.69. The highest BCUT2D eigenvalue weighted by atomic mass is 19.1. The molecule has 0 aliphatic rings. The van der Waals surface area contributed by atoms with Crippen molar-refractivity contribution in [2.24, 2.45) is 5.10 Å². The molecule has 2 N–H and O–H groups in total. The average Bonchev–Trinajstić information content (AvgIpc) is 2.55. The minimum atomic E-state index is -0.972. The normalized spacial score (nSPS) is 10.3. The first kappa shape index (κ1) is 16.2. The van der Waals surface area contributed by atoms with Crippen molar-refractivity contribution < 1.29 is 18.7 Å². The molecule has 0 unspecified atom stereocenters. The van der Waals surface area contributed by atoms with E-state index in [2.05, 4.69) is 15.8 Å². The van der Waals surface area contributed by atoms with Gasteiger partial charge in [0.1, 0.15) is 11.6 Å². The molecule has 0 aromatic heterocycles. The monoisotopic (exact) mass is 315 g/mol. The maximum absolute atomic E-state index is 13.0. The number of benzene rings is 2. The standard InChI is InChI=1S/C16H14FN3O3/c1-23-14-8-3-2-5-11(14)10-18-20-16(22)15(21)19-13-7-4-6-12(17)9-13/h2-10H,1H3,(H,19,21)(H,20,22)/b18-10+. The molecule has 0 saturated carbocycles. The van der Waals surface area contributed by atoms with Crippen LogP contribution in [-0.4, -0.2) is 25.1 Å². The number of carbonyl (C=O) groups is 2. The zero-order valence-corrected chi connectivity index (χ0v) is 12.2. The van der Waals surface area contributed by atoms with Crippen LogP contribution in [0, 0.1) is 5.82 Å². The van der Waals surface area contributed by atoms with Gasteiger partial charge in [0.05, 0.1) is 13.3 Å². The highest BCUT2D eigenvalue weighted by Crippen LogP contribution is 2.14. The van der Waals surface area contributed by atoms with E-state index in [0.29, 0.717) is 11.3 Å². The number of anilines is 1. The summed E-state index contributed by atoms with van der Waals surface area (Å²) in [5, 5.41) is 5.96. The van der Waals surface area contributed by atoms with Crippen molar-refractivity contribution in [3.05, 3.63) is 59.9 Å². The lowest BCUT2D eigenvalue weighted by atomic mass is 10.2. The van der Waals surface area contributed by atoms with Crippen LogP contribution in [0.3, 0.4) is 0 Å². The molecule has 7 heteroatoms. The van der Waals surface area contributed by atoms with E-state index in [0.717, 1.165) is 6.07 Å². The fourth-order valence-corrected chi connectivity index (χ4v) is 1.74. The van der Waals surface area contributed by atoms with Crippen molar-refractivity contribution in [3.63, 3.8) is 0 Å². The molecule has 0 aliphatic carbocycles. The highest BCUT2D eigenvalue weighted by Gasteiger charge is 2.13. The van der Waals surface area contributed by atoms with E-state index in [9.17, 15) is 14.0 Å². The van der Waals surface area contributed by atoms with Gasteiger partial charge >= 0.3 is 11.8 Å². The van der Waals surface area contributed by atoms with E-state index in [1.54, 1.807) is 24.3 Å². The molecule has 6 nitrogen and oxygen atoms in total. The van der Waals surface area contributed by atoms with Crippen LogP contribution in [0.1, 0.15) is 5.56 Å². The molecular formula is C16H14FN3O3. The maximum Gasteiger partial charge on any atom is 0.329 e. The SMILES string of the molecule is COc1ccccc1/C=N/NC(=O)C(=O)Nc1cccc(F)c1. The summed E-state index contributed by atoms with van der Waals surface area (Å²) in [4.78, 5) is 23.3. The van der Waals surface area contributed by atoms with Crippen molar-refractivity contribution in [2.45, 2.75) is 0 Å². The number of carbonyl (C=O) groups excluding carboxylic acids is 2. The van der Waals surface area contributed by atoms with Crippen LogP contribution in [0.15, 0.2) is 53.6 Å². The van der Waals surface area contributed by atoms with Crippen LogP contribution in [0.4, 0.5) is 10.1 Å². The summed E-state index contributed by atoms with van der Waals surface area (Å²) in [6.45, 7) is 0. The summed E-state index contributed by atoms with van der Waals surface area (Å²) >= 11 is 0. The van der Waals surface area contributed by atoms with Crippen molar-refractivity contribution in [1.82, 2.24) is 5.43 Å². The molecule has 2 aromatic carbocycles. The molecule has 2 amide bonds. The van der Waals surface area contributed by atoms with E-state index < -0.39 is 17.6 Å². The van der Waals surface area contributed by atoms with Gasteiger partial charge in [-0.2, -0.15) is 5.10 Å². The molecule has 23 heavy (non-hydrogen) atoms. The molecule has 2 rings (SSSR count). The molecule has 0 radical (unpaired) electrons. The molecule has 0 saturated heterocycles. The van der Waals surface area contributed by atoms with Gasteiger partial charge in [0, 0.05) is 11.3 Å². The summed E-state index contributed by atoms with van der Waals surface area (Å²) in [5.74, 6) is -1.86. The number of nitrogens with one attached hydrogen (secondary N) is 2. The highest BCUT2D eigenvalue weighted by molar-refractivity contribution is 6.39. The molecule has 118 valence electrons. The predicted octanol–water partition coefficient (Wildman–Crippen LogP) is 1.92. The lowest BCUT2D eigenvalue weighted by Crippen LogP contribution is -2.32. The van der Waals surface area contributed by atoms with Crippen molar-refractivity contribution in [2.75, 3.05) is 12.4 Å². The predicted molar refractivity (Wildman–Crippen MR) is 83.8 cm³/mol. The Morgan fingerprint density at radius 1 is 1.13 bits per heavy atom. The fraction of sp³-hybridized carbons (Fsp3) is 0.0625. The van der Waals surface area contributed by atoms with Crippen LogP contribution in [0.2, 0.25) is 0 Å². The second-order valence-electron chi connectivity index (χ2n) is 4.41. The Balaban J connectivity index is 1.93. The van der Waals surface area contributed by atoms with E-state index in [1.165, 1.54) is 31.5 Å². The number of nitrogens with zero attached hydrogens (tertiary/aromatic N) is 1. The molecule has 0 fully saturated rings. The van der Waals surface area contributed by atoms with Crippen LogP contribution >= 0.6 is 0 Å². The van der Waals surface area contributed by atoms with Gasteiger partial charge in [-0.1, -0.05) is 18.2 Å². The Bertz CT molecular complexity index is 747. The molecular weight excluding hydrogens is 301 g/mol. The van der Waals surface area contributed by atoms with E-state index in [-0.39, 0.29) is 5.69 Å². The quantitative estimate of drug-likeness (QED) is 0.514. The summed E-state index contributed by atoms with van der Waals surface area (Å²) in [7, 11) is 1.51. The van der Waals surface area contributed by atoms with Crippen molar-refractivity contribution >= 4 is 23.7 Å². The van der Waals surface area contributed by atoms with Gasteiger partial charge in [0.2, 0.25) is 0 Å². The summed E-state index contributed by atoms with van der Waals surface area (Å²) in [6.07, 6.45) is 1.35. The Morgan fingerprint density at radius 3 is 2.65 bits per heavy atom. The molecule has 0 spiro atoms. The third-order valence-electron chi connectivity index (χ3n) is 2.80.